The zero-order valence-electron chi connectivity index (χ0n) is 13.5. The molecule has 5 heteroatoms. The Morgan fingerprint density at radius 3 is 2.13 bits per heavy atom. The third kappa shape index (κ3) is 2.87. The van der Waals surface area contributed by atoms with Crippen LogP contribution in [-0.4, -0.2) is 34.7 Å². The van der Waals surface area contributed by atoms with E-state index in [2.05, 4.69) is 12.2 Å². The van der Waals surface area contributed by atoms with Crippen LogP contribution in [0.25, 0.3) is 0 Å². The summed E-state index contributed by atoms with van der Waals surface area (Å²) in [5.41, 5.74) is 0.757. The maximum Gasteiger partial charge on any atom is 0.262 e. The lowest BCUT2D eigenvalue weighted by Gasteiger charge is -2.29. The Balaban J connectivity index is 1.69. The highest BCUT2D eigenvalue weighted by Crippen LogP contribution is 2.26. The van der Waals surface area contributed by atoms with Crippen LogP contribution >= 0.6 is 0 Å². The first-order valence-corrected chi connectivity index (χ1v) is 8.26. The number of nitrogens with one attached hydrogen (secondary N) is 1. The van der Waals surface area contributed by atoms with Crippen molar-refractivity contribution in [2.24, 2.45) is 5.92 Å². The van der Waals surface area contributed by atoms with Crippen molar-refractivity contribution < 1.29 is 14.4 Å². The van der Waals surface area contributed by atoms with Crippen LogP contribution in [0.15, 0.2) is 24.3 Å². The van der Waals surface area contributed by atoms with Crippen molar-refractivity contribution in [3.8, 4) is 0 Å². The number of amides is 3. The first kappa shape index (κ1) is 15.7. The fraction of sp³-hybridized carbons (Fsp3) is 0.500. The van der Waals surface area contributed by atoms with E-state index in [1.807, 2.05) is 0 Å². The lowest BCUT2D eigenvalue weighted by molar-refractivity contribution is -0.125. The first-order chi connectivity index (χ1) is 11.0. The number of rotatable bonds is 3. The van der Waals surface area contributed by atoms with Gasteiger partial charge in [0.1, 0.15) is 6.04 Å². The van der Waals surface area contributed by atoms with Gasteiger partial charge in [0.05, 0.1) is 11.1 Å². The number of fused-ring (bicyclic) bond motifs is 1. The summed E-state index contributed by atoms with van der Waals surface area (Å²) in [5, 5.41) is 3.00. The van der Waals surface area contributed by atoms with Crippen LogP contribution in [0.1, 0.15) is 60.2 Å². The van der Waals surface area contributed by atoms with Gasteiger partial charge in [-0.2, -0.15) is 0 Å². The van der Waals surface area contributed by atoms with E-state index < -0.39 is 6.04 Å². The lowest BCUT2D eigenvalue weighted by atomic mass is 9.87. The Bertz CT molecular complexity index is 612. The predicted octanol–water partition coefficient (Wildman–Crippen LogP) is 2.37. The molecule has 1 aliphatic heterocycles. The highest BCUT2D eigenvalue weighted by Gasteiger charge is 2.40. The fourth-order valence-corrected chi connectivity index (χ4v) is 3.40. The number of hydrogen-bond donors (Lipinski definition) is 1. The number of imide groups is 1. The molecule has 23 heavy (non-hydrogen) atoms. The molecule has 0 aromatic heterocycles. The Kier molecular flexibility index (Phi) is 4.20. The van der Waals surface area contributed by atoms with Crippen LogP contribution in [0, 0.1) is 5.92 Å². The second-order valence-corrected chi connectivity index (χ2v) is 6.67. The van der Waals surface area contributed by atoms with Crippen molar-refractivity contribution >= 4 is 17.7 Å². The van der Waals surface area contributed by atoms with E-state index in [1.165, 1.54) is 0 Å². The van der Waals surface area contributed by atoms with E-state index in [0.29, 0.717) is 17.0 Å². The molecule has 1 N–H and O–H groups in total. The van der Waals surface area contributed by atoms with Gasteiger partial charge in [0, 0.05) is 6.04 Å². The number of hydrogen-bond acceptors (Lipinski definition) is 3. The minimum Gasteiger partial charge on any atom is -0.352 e. The van der Waals surface area contributed by atoms with Gasteiger partial charge in [-0.3, -0.25) is 19.3 Å². The zero-order valence-corrected chi connectivity index (χ0v) is 13.5. The van der Waals surface area contributed by atoms with Gasteiger partial charge in [0.25, 0.3) is 11.8 Å². The van der Waals surface area contributed by atoms with Gasteiger partial charge < -0.3 is 5.32 Å². The van der Waals surface area contributed by atoms with E-state index in [-0.39, 0.29) is 23.8 Å². The molecular weight excluding hydrogens is 292 g/mol. The van der Waals surface area contributed by atoms with E-state index in [1.54, 1.807) is 31.2 Å². The quantitative estimate of drug-likeness (QED) is 0.871. The molecule has 122 valence electrons. The van der Waals surface area contributed by atoms with Crippen molar-refractivity contribution in [3.63, 3.8) is 0 Å². The minimum atomic E-state index is -0.790. The van der Waals surface area contributed by atoms with Gasteiger partial charge in [-0.05, 0) is 50.7 Å². The van der Waals surface area contributed by atoms with Crippen molar-refractivity contribution in [2.75, 3.05) is 0 Å². The van der Waals surface area contributed by atoms with Crippen LogP contribution in [0.2, 0.25) is 0 Å². The molecule has 1 fully saturated rings. The van der Waals surface area contributed by atoms with E-state index in [4.69, 9.17) is 0 Å². The second kappa shape index (κ2) is 6.14. The fourth-order valence-electron chi connectivity index (χ4n) is 3.40. The van der Waals surface area contributed by atoms with Crippen LogP contribution in [0.3, 0.4) is 0 Å². The number of benzene rings is 1. The molecule has 0 radical (unpaired) electrons. The molecule has 1 unspecified atom stereocenters. The largest absolute Gasteiger partial charge is 0.352 e. The van der Waals surface area contributed by atoms with E-state index in [0.717, 1.165) is 30.6 Å². The molecule has 1 saturated carbocycles. The molecule has 1 heterocycles. The number of nitrogens with zero attached hydrogens (tertiary/aromatic N) is 1. The third-order valence-corrected chi connectivity index (χ3v) is 4.95. The summed E-state index contributed by atoms with van der Waals surface area (Å²) in [5.74, 6) is -0.313. The molecule has 0 spiro atoms. The van der Waals surface area contributed by atoms with Gasteiger partial charge in [0.2, 0.25) is 5.91 Å². The molecule has 0 saturated heterocycles. The first-order valence-electron chi connectivity index (χ1n) is 8.26. The SMILES string of the molecule is CC1CCC(NC(=O)C(C)N2C(=O)c3ccccc3C2=O)CC1. The van der Waals surface area contributed by atoms with Crippen molar-refractivity contribution in [3.05, 3.63) is 35.4 Å². The summed E-state index contributed by atoms with van der Waals surface area (Å²) >= 11 is 0. The Labute approximate surface area is 136 Å². The van der Waals surface area contributed by atoms with Crippen molar-refractivity contribution in [2.45, 2.75) is 51.6 Å². The summed E-state index contributed by atoms with van der Waals surface area (Å²) < 4.78 is 0. The van der Waals surface area contributed by atoms with Crippen LogP contribution in [0.4, 0.5) is 0 Å². The van der Waals surface area contributed by atoms with Crippen molar-refractivity contribution in [1.29, 1.82) is 0 Å². The Morgan fingerprint density at radius 1 is 1.09 bits per heavy atom. The highest BCUT2D eigenvalue weighted by atomic mass is 16.2. The summed E-state index contributed by atoms with van der Waals surface area (Å²) in [4.78, 5) is 38.4. The molecule has 1 aromatic carbocycles. The van der Waals surface area contributed by atoms with Gasteiger partial charge in [-0.15, -0.1) is 0 Å². The molecule has 2 aliphatic rings. The molecule has 3 rings (SSSR count). The van der Waals surface area contributed by atoms with Gasteiger partial charge >= 0.3 is 0 Å². The molecule has 1 aromatic rings. The summed E-state index contributed by atoms with van der Waals surface area (Å²) in [6.45, 7) is 3.84. The molecule has 5 nitrogen and oxygen atoms in total. The van der Waals surface area contributed by atoms with Gasteiger partial charge in [0.15, 0.2) is 0 Å². The van der Waals surface area contributed by atoms with Crippen LogP contribution in [-0.2, 0) is 4.79 Å². The minimum absolute atomic E-state index is 0.149. The summed E-state index contributed by atoms with van der Waals surface area (Å²) in [7, 11) is 0. The molecule has 0 bridgehead atoms. The molecule has 1 atom stereocenters. The smallest absolute Gasteiger partial charge is 0.262 e. The maximum absolute atomic E-state index is 12.5. The summed E-state index contributed by atoms with van der Waals surface area (Å²) in [6, 6.07) is 6.06. The molecular formula is C18H22N2O3. The standard InChI is InChI=1S/C18H22N2O3/c1-11-7-9-13(10-8-11)19-16(21)12(2)20-17(22)14-5-3-4-6-15(14)18(20)23/h3-6,11-13H,7-10H2,1-2H3,(H,19,21). The highest BCUT2D eigenvalue weighted by molar-refractivity contribution is 6.22. The monoisotopic (exact) mass is 314 g/mol. The van der Waals surface area contributed by atoms with Crippen molar-refractivity contribution in [1.82, 2.24) is 10.2 Å². The Hall–Kier alpha value is -2.17. The van der Waals surface area contributed by atoms with Crippen LogP contribution < -0.4 is 5.32 Å². The zero-order chi connectivity index (χ0) is 16.6. The summed E-state index contributed by atoms with van der Waals surface area (Å²) in [6.07, 6.45) is 4.13. The average Bonchev–Trinajstić information content (AvgIpc) is 2.81. The third-order valence-electron chi connectivity index (χ3n) is 4.95. The van der Waals surface area contributed by atoms with E-state index in [9.17, 15) is 14.4 Å². The number of carbonyl (C=O) groups is 3. The van der Waals surface area contributed by atoms with E-state index >= 15 is 0 Å². The predicted molar refractivity (Wildman–Crippen MR) is 86.0 cm³/mol. The van der Waals surface area contributed by atoms with Gasteiger partial charge in [-0.1, -0.05) is 19.1 Å². The lowest BCUT2D eigenvalue weighted by Crippen LogP contribution is -2.50. The number of carbonyl (C=O) groups excluding carboxylic acids is 3. The maximum atomic E-state index is 12.5. The van der Waals surface area contributed by atoms with Crippen LogP contribution in [0.5, 0.6) is 0 Å². The normalized spacial score (nSPS) is 25.2. The molecule has 1 aliphatic carbocycles. The second-order valence-electron chi connectivity index (χ2n) is 6.67. The average molecular weight is 314 g/mol. The topological polar surface area (TPSA) is 66.5 Å². The molecule has 3 amide bonds. The Morgan fingerprint density at radius 2 is 1.61 bits per heavy atom. The van der Waals surface area contributed by atoms with Gasteiger partial charge in [-0.25, -0.2) is 0 Å².